The minimum absolute atomic E-state index is 0.108. The highest BCUT2D eigenvalue weighted by molar-refractivity contribution is 7.12. The molecule has 1 aromatic heterocycles. The van der Waals surface area contributed by atoms with Crippen LogP contribution in [0.5, 0.6) is 0 Å². The van der Waals surface area contributed by atoms with Crippen molar-refractivity contribution in [2.45, 2.75) is 38.5 Å². The largest absolute Gasteiger partial charge is 0.384 e. The average molecular weight is 410 g/mol. The molecular weight excluding hydrogens is 390 g/mol. The molecule has 0 fully saturated rings. The van der Waals surface area contributed by atoms with Crippen LogP contribution in [-0.2, 0) is 11.2 Å². The van der Waals surface area contributed by atoms with Gasteiger partial charge in [0.1, 0.15) is 5.82 Å². The quantitative estimate of drug-likeness (QED) is 0.749. The molecule has 1 aliphatic carbocycles. The van der Waals surface area contributed by atoms with Crippen molar-refractivity contribution in [3.05, 3.63) is 73.8 Å². The van der Waals surface area contributed by atoms with Crippen LogP contribution in [0.1, 0.15) is 41.9 Å². The Balaban J connectivity index is 1.93. The maximum Gasteiger partial charge on any atom is 0.161 e. The van der Waals surface area contributed by atoms with E-state index >= 15 is 0 Å². The first kappa shape index (κ1) is 18.8. The van der Waals surface area contributed by atoms with Crippen LogP contribution >= 0.6 is 22.9 Å². The first-order valence-electron chi connectivity index (χ1n) is 9.35. The Labute approximate surface area is 173 Å². The van der Waals surface area contributed by atoms with Gasteiger partial charge in [0.05, 0.1) is 17.6 Å². The predicted octanol–water partition coefficient (Wildman–Crippen LogP) is 5.27. The second-order valence-corrected chi connectivity index (χ2v) is 8.59. The molecule has 0 spiro atoms. The third kappa shape index (κ3) is 3.03. The van der Waals surface area contributed by atoms with E-state index in [1.54, 1.807) is 23.5 Å². The van der Waals surface area contributed by atoms with Gasteiger partial charge >= 0.3 is 0 Å². The van der Waals surface area contributed by atoms with Crippen molar-refractivity contribution < 1.29 is 4.79 Å². The molecule has 142 valence electrons. The summed E-state index contributed by atoms with van der Waals surface area (Å²) in [6.07, 6.45) is 2.98. The molecule has 0 bridgehead atoms. The fraction of sp³-hybridized carbons (Fsp3) is 0.273. The molecule has 2 N–H and O–H groups in total. The van der Waals surface area contributed by atoms with Crippen molar-refractivity contribution in [3.8, 4) is 6.07 Å². The van der Waals surface area contributed by atoms with Crippen molar-refractivity contribution in [2.24, 2.45) is 5.73 Å². The fourth-order valence-corrected chi connectivity index (χ4v) is 5.19. The number of allylic oxidation sites excluding steroid dienone is 3. The molecule has 0 saturated carbocycles. The highest BCUT2D eigenvalue weighted by Gasteiger charge is 2.40. The van der Waals surface area contributed by atoms with Crippen LogP contribution in [0.2, 0.25) is 5.02 Å². The maximum atomic E-state index is 13.0. The van der Waals surface area contributed by atoms with Gasteiger partial charge in [0, 0.05) is 38.2 Å². The highest BCUT2D eigenvalue weighted by Crippen LogP contribution is 2.47. The number of Topliss-reactive ketones (excluding diaryl/α,β-unsaturated/α-hetero) is 1. The summed E-state index contributed by atoms with van der Waals surface area (Å²) in [5, 5.41) is 10.6. The van der Waals surface area contributed by atoms with E-state index in [0.717, 1.165) is 41.1 Å². The van der Waals surface area contributed by atoms with Gasteiger partial charge in [-0.05, 0) is 55.7 Å². The Kier molecular flexibility index (Phi) is 5.01. The minimum atomic E-state index is -0.373. The number of aryl methyl sites for hydroxylation is 1. The molecule has 1 atom stereocenters. The molecule has 1 aromatic carbocycles. The van der Waals surface area contributed by atoms with Crippen LogP contribution in [0.15, 0.2) is 59.1 Å². The zero-order valence-electron chi connectivity index (χ0n) is 15.5. The minimum Gasteiger partial charge on any atom is -0.384 e. The lowest BCUT2D eigenvalue weighted by Gasteiger charge is -2.39. The number of hydrogen-bond donors (Lipinski definition) is 1. The number of hydrogen-bond acceptors (Lipinski definition) is 5. The first-order valence-corrected chi connectivity index (χ1v) is 10.5. The maximum absolute atomic E-state index is 13.0. The first-order chi connectivity index (χ1) is 13.5. The summed E-state index contributed by atoms with van der Waals surface area (Å²) in [6.45, 7) is 2.10. The van der Waals surface area contributed by atoms with E-state index in [1.165, 1.54) is 4.88 Å². The van der Waals surface area contributed by atoms with E-state index < -0.39 is 0 Å². The third-order valence-electron chi connectivity index (χ3n) is 5.31. The number of nitrogens with two attached hydrogens (primary N) is 1. The summed E-state index contributed by atoms with van der Waals surface area (Å²) < 4.78 is 0. The number of benzene rings is 1. The van der Waals surface area contributed by atoms with E-state index in [2.05, 4.69) is 19.1 Å². The second-order valence-electron chi connectivity index (χ2n) is 6.95. The zero-order chi connectivity index (χ0) is 19.8. The molecule has 0 saturated heterocycles. The molecule has 6 heteroatoms. The standard InChI is InChI=1S/C22H20ClN3OS/c1-2-15-10-11-19(28-15)20-16(12-24)22(25)26(14-8-6-13(23)7-9-14)17-4-3-5-18(27)21(17)20/h6-11,20H,2-5,25H2,1H3/t20-/m1/s1. The monoisotopic (exact) mass is 409 g/mol. The van der Waals surface area contributed by atoms with Crippen LogP contribution in [-0.4, -0.2) is 5.78 Å². The van der Waals surface area contributed by atoms with Crippen LogP contribution < -0.4 is 10.6 Å². The lowest BCUT2D eigenvalue weighted by molar-refractivity contribution is -0.116. The van der Waals surface area contributed by atoms with E-state index in [9.17, 15) is 10.1 Å². The normalized spacial score (nSPS) is 19.7. The Morgan fingerprint density at radius 3 is 2.64 bits per heavy atom. The van der Waals surface area contributed by atoms with E-state index in [4.69, 9.17) is 17.3 Å². The van der Waals surface area contributed by atoms with Crippen molar-refractivity contribution in [1.82, 2.24) is 0 Å². The molecular formula is C22H20ClN3OS. The lowest BCUT2D eigenvalue weighted by Crippen LogP contribution is -2.38. The summed E-state index contributed by atoms with van der Waals surface area (Å²) in [4.78, 5) is 17.1. The number of thiophene rings is 1. The number of carbonyl (C=O) groups excluding carboxylic acids is 1. The SMILES string of the molecule is CCc1ccc([C@H]2C(C#N)=C(N)N(c3ccc(Cl)cc3)C3=C2C(=O)CCC3)s1. The molecule has 1 aliphatic heterocycles. The molecule has 0 unspecified atom stereocenters. The molecule has 2 heterocycles. The number of nitriles is 1. The van der Waals surface area contributed by atoms with Crippen molar-refractivity contribution in [1.29, 1.82) is 5.26 Å². The fourth-order valence-electron chi connectivity index (χ4n) is 4.00. The predicted molar refractivity (Wildman–Crippen MR) is 113 cm³/mol. The molecule has 2 aromatic rings. The Hall–Kier alpha value is -2.55. The topological polar surface area (TPSA) is 70.1 Å². The van der Waals surface area contributed by atoms with Crippen LogP contribution in [0.3, 0.4) is 0 Å². The number of rotatable bonds is 3. The summed E-state index contributed by atoms with van der Waals surface area (Å²) in [7, 11) is 0. The molecule has 0 radical (unpaired) electrons. The van der Waals surface area contributed by atoms with Gasteiger partial charge in [-0.3, -0.25) is 9.69 Å². The number of anilines is 1. The highest BCUT2D eigenvalue weighted by atomic mass is 35.5. The third-order valence-corrected chi connectivity index (χ3v) is 6.86. The molecule has 28 heavy (non-hydrogen) atoms. The van der Waals surface area contributed by atoms with Gasteiger partial charge < -0.3 is 5.73 Å². The summed E-state index contributed by atoms with van der Waals surface area (Å²) in [6, 6.07) is 13.7. The van der Waals surface area contributed by atoms with Gasteiger partial charge in [-0.15, -0.1) is 11.3 Å². The molecule has 2 aliphatic rings. The second kappa shape index (κ2) is 7.46. The van der Waals surface area contributed by atoms with Crippen molar-refractivity contribution in [3.63, 3.8) is 0 Å². The number of ketones is 1. The molecule has 4 rings (SSSR count). The van der Waals surface area contributed by atoms with Gasteiger partial charge in [-0.2, -0.15) is 5.26 Å². The van der Waals surface area contributed by atoms with Gasteiger partial charge in [0.15, 0.2) is 5.78 Å². The lowest BCUT2D eigenvalue weighted by atomic mass is 9.78. The Morgan fingerprint density at radius 1 is 1.25 bits per heavy atom. The summed E-state index contributed by atoms with van der Waals surface area (Å²) in [5.74, 6) is 0.133. The van der Waals surface area contributed by atoms with Gasteiger partial charge in [-0.1, -0.05) is 18.5 Å². The number of carbonyl (C=O) groups is 1. The summed E-state index contributed by atoms with van der Waals surface area (Å²) >= 11 is 7.70. The van der Waals surface area contributed by atoms with Gasteiger partial charge in [0.2, 0.25) is 0 Å². The van der Waals surface area contributed by atoms with E-state index in [1.807, 2.05) is 23.1 Å². The van der Waals surface area contributed by atoms with Crippen LogP contribution in [0.25, 0.3) is 0 Å². The van der Waals surface area contributed by atoms with Crippen molar-refractivity contribution in [2.75, 3.05) is 4.90 Å². The molecule has 0 amide bonds. The van der Waals surface area contributed by atoms with Crippen molar-refractivity contribution >= 4 is 34.4 Å². The zero-order valence-corrected chi connectivity index (χ0v) is 17.1. The van der Waals surface area contributed by atoms with Gasteiger partial charge in [0.25, 0.3) is 0 Å². The molecule has 4 nitrogen and oxygen atoms in total. The smallest absolute Gasteiger partial charge is 0.161 e. The number of nitrogens with zero attached hydrogens (tertiary/aromatic N) is 2. The van der Waals surface area contributed by atoms with E-state index in [0.29, 0.717) is 22.8 Å². The Bertz CT molecular complexity index is 1040. The number of halogens is 1. The summed E-state index contributed by atoms with van der Waals surface area (Å²) in [5.41, 5.74) is 9.41. The van der Waals surface area contributed by atoms with E-state index in [-0.39, 0.29) is 11.7 Å². The van der Waals surface area contributed by atoms with Gasteiger partial charge in [-0.25, -0.2) is 0 Å². The Morgan fingerprint density at radius 2 is 2.00 bits per heavy atom. The van der Waals surface area contributed by atoms with Crippen LogP contribution in [0, 0.1) is 11.3 Å². The average Bonchev–Trinajstić information content (AvgIpc) is 3.17. The van der Waals surface area contributed by atoms with Crippen LogP contribution in [0.4, 0.5) is 5.69 Å².